The van der Waals surface area contributed by atoms with Gasteiger partial charge in [0.05, 0.1) is 6.42 Å². The molecule has 0 radical (unpaired) electrons. The lowest BCUT2D eigenvalue weighted by Crippen LogP contribution is -2.23. The van der Waals surface area contributed by atoms with Crippen molar-refractivity contribution in [1.29, 1.82) is 0 Å². The SMILES string of the molecule is O=CC(CC#CI)OC(=O)Nc1ccccc1. The number of benzene rings is 1. The first-order chi connectivity index (χ1) is 8.26. The smallest absolute Gasteiger partial charge is 0.412 e. The molecule has 0 spiro atoms. The van der Waals surface area contributed by atoms with Gasteiger partial charge in [-0.2, -0.15) is 0 Å². The van der Waals surface area contributed by atoms with Gasteiger partial charge in [0.25, 0.3) is 0 Å². The van der Waals surface area contributed by atoms with Crippen molar-refractivity contribution in [2.45, 2.75) is 12.5 Å². The lowest BCUT2D eigenvalue weighted by Gasteiger charge is -2.10. The number of para-hydroxylation sites is 1. The number of anilines is 1. The minimum atomic E-state index is -0.832. The zero-order chi connectivity index (χ0) is 12.5. The fourth-order valence-corrected chi connectivity index (χ4v) is 1.28. The van der Waals surface area contributed by atoms with Crippen LogP contribution in [-0.4, -0.2) is 18.5 Å². The minimum Gasteiger partial charge on any atom is -0.437 e. The number of ether oxygens (including phenoxy) is 1. The summed E-state index contributed by atoms with van der Waals surface area (Å²) in [6.45, 7) is 0. The first-order valence-corrected chi connectivity index (χ1v) is 5.90. The summed E-state index contributed by atoms with van der Waals surface area (Å²) in [6, 6.07) is 8.85. The standard InChI is InChI=1S/C12H10INO3/c13-8-4-7-11(9-15)17-12(16)14-10-5-2-1-3-6-10/h1-3,5-6,9,11H,7H2,(H,14,16). The first kappa shape index (κ1) is 13.5. The number of amides is 1. The van der Waals surface area contributed by atoms with Crippen LogP contribution < -0.4 is 5.32 Å². The highest BCUT2D eigenvalue weighted by Crippen LogP contribution is 2.06. The summed E-state index contributed by atoms with van der Waals surface area (Å²) in [7, 11) is 0. The number of carbonyl (C=O) groups excluding carboxylic acids is 2. The Morgan fingerprint density at radius 1 is 1.47 bits per heavy atom. The largest absolute Gasteiger partial charge is 0.437 e. The highest BCUT2D eigenvalue weighted by molar-refractivity contribution is 14.1. The lowest BCUT2D eigenvalue weighted by molar-refractivity contribution is -0.114. The average Bonchev–Trinajstić information content (AvgIpc) is 2.35. The summed E-state index contributed by atoms with van der Waals surface area (Å²) in [6.07, 6.45) is -0.732. The van der Waals surface area contributed by atoms with E-state index in [-0.39, 0.29) is 6.42 Å². The van der Waals surface area contributed by atoms with Crippen LogP contribution >= 0.6 is 22.6 Å². The van der Waals surface area contributed by atoms with Crippen molar-refractivity contribution in [2.75, 3.05) is 5.32 Å². The van der Waals surface area contributed by atoms with Crippen LogP contribution in [0.4, 0.5) is 10.5 Å². The Labute approximate surface area is 113 Å². The molecule has 0 bridgehead atoms. The van der Waals surface area contributed by atoms with Crippen LogP contribution in [0.5, 0.6) is 0 Å². The first-order valence-electron chi connectivity index (χ1n) is 4.82. The van der Waals surface area contributed by atoms with Crippen LogP contribution in [0.3, 0.4) is 0 Å². The maximum absolute atomic E-state index is 11.4. The van der Waals surface area contributed by atoms with E-state index >= 15 is 0 Å². The third kappa shape index (κ3) is 5.36. The molecule has 0 saturated heterocycles. The van der Waals surface area contributed by atoms with Gasteiger partial charge in [0, 0.05) is 28.3 Å². The number of hydrogen-bond donors (Lipinski definition) is 1. The van der Waals surface area contributed by atoms with Crippen LogP contribution in [0, 0.1) is 9.85 Å². The number of carbonyl (C=O) groups is 2. The molecule has 5 heteroatoms. The van der Waals surface area contributed by atoms with Crippen LogP contribution in [0.25, 0.3) is 0 Å². The van der Waals surface area contributed by atoms with Crippen LogP contribution in [0.2, 0.25) is 0 Å². The van der Waals surface area contributed by atoms with E-state index in [9.17, 15) is 9.59 Å². The summed E-state index contributed by atoms with van der Waals surface area (Å²) in [4.78, 5) is 22.0. The van der Waals surface area contributed by atoms with Gasteiger partial charge in [0.2, 0.25) is 0 Å². The quantitative estimate of drug-likeness (QED) is 0.519. The maximum atomic E-state index is 11.4. The molecule has 0 aliphatic rings. The highest BCUT2D eigenvalue weighted by Gasteiger charge is 2.12. The molecule has 0 aliphatic carbocycles. The van der Waals surface area contributed by atoms with Crippen molar-refractivity contribution in [3.05, 3.63) is 30.3 Å². The zero-order valence-electron chi connectivity index (χ0n) is 8.85. The Balaban J connectivity index is 2.47. The van der Waals surface area contributed by atoms with Crippen molar-refractivity contribution in [1.82, 2.24) is 0 Å². The van der Waals surface area contributed by atoms with Gasteiger partial charge in [-0.05, 0) is 16.1 Å². The Kier molecular flexibility index (Phi) is 6.10. The van der Waals surface area contributed by atoms with Crippen molar-refractivity contribution in [2.24, 2.45) is 0 Å². The van der Waals surface area contributed by atoms with Crippen LogP contribution in [-0.2, 0) is 9.53 Å². The normalized spacial score (nSPS) is 10.6. The monoisotopic (exact) mass is 343 g/mol. The molecule has 0 fully saturated rings. The van der Waals surface area contributed by atoms with Gasteiger partial charge in [0.1, 0.15) is 0 Å². The third-order valence-corrected chi connectivity index (χ3v) is 2.18. The number of aldehydes is 1. The summed E-state index contributed by atoms with van der Waals surface area (Å²) in [5.41, 5.74) is 0.613. The van der Waals surface area contributed by atoms with Gasteiger partial charge < -0.3 is 4.74 Å². The molecule has 1 aromatic rings. The molecule has 0 aromatic heterocycles. The van der Waals surface area contributed by atoms with E-state index < -0.39 is 12.2 Å². The fourth-order valence-electron chi connectivity index (χ4n) is 1.06. The van der Waals surface area contributed by atoms with Gasteiger partial charge in [-0.15, -0.1) is 0 Å². The molecule has 1 rings (SSSR count). The second-order valence-electron chi connectivity index (χ2n) is 3.05. The Bertz CT molecular complexity index is 436. The number of rotatable bonds is 4. The molecule has 4 nitrogen and oxygen atoms in total. The van der Waals surface area contributed by atoms with E-state index in [0.29, 0.717) is 12.0 Å². The second kappa shape index (κ2) is 7.68. The molecule has 0 heterocycles. The molecular formula is C12H10INO3. The van der Waals surface area contributed by atoms with Gasteiger partial charge >= 0.3 is 6.09 Å². The van der Waals surface area contributed by atoms with Crippen molar-refractivity contribution in [3.63, 3.8) is 0 Å². The Morgan fingerprint density at radius 2 is 2.18 bits per heavy atom. The van der Waals surface area contributed by atoms with E-state index in [2.05, 4.69) is 15.2 Å². The molecule has 1 amide bonds. The molecule has 1 aromatic carbocycles. The predicted octanol–water partition coefficient (Wildman–Crippen LogP) is 2.59. The summed E-state index contributed by atoms with van der Waals surface area (Å²) in [5, 5.41) is 2.51. The third-order valence-electron chi connectivity index (χ3n) is 1.80. The van der Waals surface area contributed by atoms with Crippen LogP contribution in [0.15, 0.2) is 30.3 Å². The molecule has 1 N–H and O–H groups in total. The summed E-state index contributed by atoms with van der Waals surface area (Å²) in [5.74, 6) is 2.67. The van der Waals surface area contributed by atoms with Crippen molar-refractivity contribution in [3.8, 4) is 9.85 Å². The van der Waals surface area contributed by atoms with Gasteiger partial charge in [-0.1, -0.05) is 24.1 Å². The number of hydrogen-bond acceptors (Lipinski definition) is 3. The van der Waals surface area contributed by atoms with Gasteiger partial charge in [0.15, 0.2) is 12.4 Å². The van der Waals surface area contributed by atoms with Crippen molar-refractivity contribution >= 4 is 40.7 Å². The fraction of sp³-hybridized carbons (Fsp3) is 0.167. The topological polar surface area (TPSA) is 55.4 Å². The zero-order valence-corrected chi connectivity index (χ0v) is 11.0. The van der Waals surface area contributed by atoms with Gasteiger partial charge in [-0.25, -0.2) is 4.79 Å². The van der Waals surface area contributed by atoms with Crippen LogP contribution in [0.1, 0.15) is 6.42 Å². The van der Waals surface area contributed by atoms with E-state index in [0.717, 1.165) is 0 Å². The van der Waals surface area contributed by atoms with E-state index in [4.69, 9.17) is 4.74 Å². The molecule has 1 unspecified atom stereocenters. The van der Waals surface area contributed by atoms with Gasteiger partial charge in [-0.3, -0.25) is 10.1 Å². The molecule has 1 atom stereocenters. The average molecular weight is 343 g/mol. The number of nitrogens with one attached hydrogen (secondary N) is 1. The van der Waals surface area contributed by atoms with Crippen molar-refractivity contribution < 1.29 is 14.3 Å². The summed E-state index contributed by atoms with van der Waals surface area (Å²) < 4.78 is 7.49. The molecule has 17 heavy (non-hydrogen) atoms. The Morgan fingerprint density at radius 3 is 2.76 bits per heavy atom. The summed E-state index contributed by atoms with van der Waals surface area (Å²) >= 11 is 1.86. The minimum absolute atomic E-state index is 0.203. The Hall–Kier alpha value is -1.55. The highest BCUT2D eigenvalue weighted by atomic mass is 127. The van der Waals surface area contributed by atoms with E-state index in [1.54, 1.807) is 24.3 Å². The molecule has 88 valence electrons. The molecular weight excluding hydrogens is 333 g/mol. The maximum Gasteiger partial charge on any atom is 0.412 e. The van der Waals surface area contributed by atoms with E-state index in [1.165, 1.54) is 0 Å². The second-order valence-corrected chi connectivity index (χ2v) is 3.59. The molecule has 0 aliphatic heterocycles. The lowest BCUT2D eigenvalue weighted by atomic mass is 10.3. The van der Waals surface area contributed by atoms with E-state index in [1.807, 2.05) is 28.7 Å². The predicted molar refractivity (Wildman–Crippen MR) is 72.8 cm³/mol. The number of halogens is 1. The molecule has 0 saturated carbocycles.